The van der Waals surface area contributed by atoms with E-state index in [9.17, 15) is 9.90 Å². The van der Waals surface area contributed by atoms with Crippen LogP contribution in [-0.2, 0) is 10.2 Å². The maximum atomic E-state index is 12.1. The van der Waals surface area contributed by atoms with Crippen molar-refractivity contribution < 1.29 is 9.90 Å². The van der Waals surface area contributed by atoms with E-state index in [4.69, 9.17) is 0 Å². The van der Waals surface area contributed by atoms with E-state index in [0.717, 1.165) is 11.1 Å². The Labute approximate surface area is 119 Å². The predicted molar refractivity (Wildman–Crippen MR) is 80.7 cm³/mol. The molecule has 0 atom stereocenters. The Morgan fingerprint density at radius 2 is 1.45 bits per heavy atom. The van der Waals surface area contributed by atoms with Gasteiger partial charge < -0.3 is 5.11 Å². The van der Waals surface area contributed by atoms with Gasteiger partial charge in [0.2, 0.25) is 0 Å². The maximum absolute atomic E-state index is 12.1. The first-order valence-corrected chi connectivity index (χ1v) is 6.67. The van der Waals surface area contributed by atoms with Gasteiger partial charge in [-0.3, -0.25) is 4.79 Å². The summed E-state index contributed by atoms with van der Waals surface area (Å²) in [5.74, 6) is -0.826. The number of carbonyl (C=O) groups is 1. The van der Waals surface area contributed by atoms with Crippen LogP contribution < -0.4 is 0 Å². The van der Waals surface area contributed by atoms with Crippen molar-refractivity contribution in [2.24, 2.45) is 0 Å². The molecule has 0 unspecified atom stereocenters. The molecule has 0 aliphatic heterocycles. The predicted octanol–water partition coefficient (Wildman–Crippen LogP) is 4.02. The van der Waals surface area contributed by atoms with Crippen molar-refractivity contribution in [1.82, 2.24) is 0 Å². The molecule has 0 aliphatic rings. The highest BCUT2D eigenvalue weighted by molar-refractivity contribution is 5.86. The topological polar surface area (TPSA) is 37.3 Å². The third kappa shape index (κ3) is 2.50. The van der Waals surface area contributed by atoms with Crippen LogP contribution in [-0.4, -0.2) is 11.1 Å². The molecule has 2 rings (SSSR count). The van der Waals surface area contributed by atoms with Crippen LogP contribution in [0.15, 0.2) is 72.8 Å². The van der Waals surface area contributed by atoms with Gasteiger partial charge in [0.1, 0.15) is 5.41 Å². The molecule has 0 saturated carbocycles. The van der Waals surface area contributed by atoms with Gasteiger partial charge in [-0.2, -0.15) is 0 Å². The zero-order valence-electron chi connectivity index (χ0n) is 11.5. The molecule has 2 heteroatoms. The van der Waals surface area contributed by atoms with Crippen LogP contribution in [0, 0.1) is 0 Å². The Bertz CT molecular complexity index is 546. The zero-order chi connectivity index (χ0) is 14.4. The van der Waals surface area contributed by atoms with E-state index in [1.54, 1.807) is 0 Å². The van der Waals surface area contributed by atoms with E-state index in [0.29, 0.717) is 6.42 Å². The third-order valence-electron chi connectivity index (χ3n) is 3.56. The van der Waals surface area contributed by atoms with Crippen LogP contribution in [0.4, 0.5) is 0 Å². The van der Waals surface area contributed by atoms with Gasteiger partial charge in [-0.05, 0) is 24.5 Å². The van der Waals surface area contributed by atoms with E-state index in [2.05, 4.69) is 0 Å². The highest BCUT2D eigenvalue weighted by atomic mass is 16.4. The number of carboxylic acid groups (broad SMARTS) is 1. The zero-order valence-corrected chi connectivity index (χ0v) is 11.5. The average Bonchev–Trinajstić information content (AvgIpc) is 2.50. The van der Waals surface area contributed by atoms with Crippen molar-refractivity contribution in [3.63, 3.8) is 0 Å². The average molecular weight is 266 g/mol. The molecule has 0 heterocycles. The van der Waals surface area contributed by atoms with Crippen molar-refractivity contribution in [2.45, 2.75) is 18.8 Å². The highest BCUT2D eigenvalue weighted by Crippen LogP contribution is 2.36. The lowest BCUT2D eigenvalue weighted by Gasteiger charge is -2.29. The molecule has 2 aromatic rings. The molecule has 0 bridgehead atoms. The first-order chi connectivity index (χ1) is 9.71. The monoisotopic (exact) mass is 266 g/mol. The summed E-state index contributed by atoms with van der Waals surface area (Å²) in [6, 6.07) is 18.8. The number of aliphatic carboxylic acids is 1. The fraction of sp³-hybridized carbons (Fsp3) is 0.167. The van der Waals surface area contributed by atoms with Crippen molar-refractivity contribution in [3.8, 4) is 0 Å². The Morgan fingerprint density at radius 3 is 1.80 bits per heavy atom. The smallest absolute Gasteiger partial charge is 0.318 e. The molecule has 2 nitrogen and oxygen atoms in total. The van der Waals surface area contributed by atoms with Gasteiger partial charge in [-0.25, -0.2) is 0 Å². The van der Waals surface area contributed by atoms with Crippen molar-refractivity contribution >= 4 is 5.97 Å². The van der Waals surface area contributed by atoms with Crippen LogP contribution in [0.5, 0.6) is 0 Å². The second kappa shape index (κ2) is 6.20. The van der Waals surface area contributed by atoms with E-state index in [1.165, 1.54) is 0 Å². The summed E-state index contributed by atoms with van der Waals surface area (Å²) in [4.78, 5) is 12.1. The van der Waals surface area contributed by atoms with Crippen LogP contribution in [0.2, 0.25) is 0 Å². The number of rotatable bonds is 5. The first kappa shape index (κ1) is 14.1. The Balaban J connectivity index is 2.66. The SMILES string of the molecule is CC=CCC(C(=O)O)(c1ccccc1)c1ccccc1. The molecule has 0 spiro atoms. The molecule has 0 saturated heterocycles. The normalized spacial score (nSPS) is 11.7. The Morgan fingerprint density at radius 1 is 1.00 bits per heavy atom. The Hall–Kier alpha value is -2.35. The summed E-state index contributed by atoms with van der Waals surface area (Å²) in [6.45, 7) is 1.91. The fourth-order valence-electron chi connectivity index (χ4n) is 2.48. The first-order valence-electron chi connectivity index (χ1n) is 6.67. The summed E-state index contributed by atoms with van der Waals surface area (Å²) >= 11 is 0. The summed E-state index contributed by atoms with van der Waals surface area (Å²) < 4.78 is 0. The van der Waals surface area contributed by atoms with Gasteiger partial charge in [0.05, 0.1) is 0 Å². The lowest BCUT2D eigenvalue weighted by molar-refractivity contribution is -0.142. The van der Waals surface area contributed by atoms with Crippen LogP contribution in [0.1, 0.15) is 24.5 Å². The van der Waals surface area contributed by atoms with Gasteiger partial charge in [-0.1, -0.05) is 72.8 Å². The second-order valence-electron chi connectivity index (χ2n) is 4.72. The van der Waals surface area contributed by atoms with E-state index in [1.807, 2.05) is 79.7 Å². The molecule has 0 amide bonds. The van der Waals surface area contributed by atoms with E-state index in [-0.39, 0.29) is 0 Å². The largest absolute Gasteiger partial charge is 0.480 e. The van der Waals surface area contributed by atoms with E-state index < -0.39 is 11.4 Å². The van der Waals surface area contributed by atoms with Gasteiger partial charge in [0, 0.05) is 0 Å². The standard InChI is InChI=1S/C18H18O2/c1-2-3-14-18(17(19)20,15-10-6-4-7-11-15)16-12-8-5-9-13-16/h2-13H,14H2,1H3,(H,19,20). The minimum atomic E-state index is -1.03. The summed E-state index contributed by atoms with van der Waals surface area (Å²) in [7, 11) is 0. The quantitative estimate of drug-likeness (QED) is 0.830. The molecule has 0 fully saturated rings. The van der Waals surface area contributed by atoms with Crippen LogP contribution >= 0.6 is 0 Å². The number of allylic oxidation sites excluding steroid dienone is 2. The number of benzene rings is 2. The number of hydrogen-bond donors (Lipinski definition) is 1. The van der Waals surface area contributed by atoms with Crippen LogP contribution in [0.25, 0.3) is 0 Å². The minimum absolute atomic E-state index is 0.437. The summed E-state index contributed by atoms with van der Waals surface area (Å²) in [5.41, 5.74) is 0.572. The molecule has 1 N–H and O–H groups in total. The van der Waals surface area contributed by atoms with Gasteiger partial charge in [0.15, 0.2) is 0 Å². The van der Waals surface area contributed by atoms with Gasteiger partial charge >= 0.3 is 5.97 Å². The third-order valence-corrected chi connectivity index (χ3v) is 3.56. The lowest BCUT2D eigenvalue weighted by atomic mass is 9.72. The van der Waals surface area contributed by atoms with Crippen molar-refractivity contribution in [1.29, 1.82) is 0 Å². The fourth-order valence-corrected chi connectivity index (χ4v) is 2.48. The second-order valence-corrected chi connectivity index (χ2v) is 4.72. The molecule has 2 aromatic carbocycles. The van der Waals surface area contributed by atoms with Gasteiger partial charge in [-0.15, -0.1) is 0 Å². The summed E-state index contributed by atoms with van der Waals surface area (Å²) in [6.07, 6.45) is 4.24. The highest BCUT2D eigenvalue weighted by Gasteiger charge is 2.40. The molecule has 0 aliphatic carbocycles. The molecule has 0 radical (unpaired) electrons. The van der Waals surface area contributed by atoms with Crippen molar-refractivity contribution in [2.75, 3.05) is 0 Å². The maximum Gasteiger partial charge on any atom is 0.318 e. The summed E-state index contributed by atoms with van der Waals surface area (Å²) in [5, 5.41) is 9.92. The molecular formula is C18H18O2. The molecule has 102 valence electrons. The number of carboxylic acids is 1. The van der Waals surface area contributed by atoms with Crippen LogP contribution in [0.3, 0.4) is 0 Å². The molecular weight excluding hydrogens is 248 g/mol. The molecule has 0 aromatic heterocycles. The van der Waals surface area contributed by atoms with Gasteiger partial charge in [0.25, 0.3) is 0 Å². The minimum Gasteiger partial charge on any atom is -0.480 e. The van der Waals surface area contributed by atoms with Crippen molar-refractivity contribution in [3.05, 3.63) is 83.9 Å². The number of hydrogen-bond acceptors (Lipinski definition) is 1. The lowest BCUT2D eigenvalue weighted by Crippen LogP contribution is -2.36. The Kier molecular flexibility index (Phi) is 4.36. The molecule has 20 heavy (non-hydrogen) atoms. The van der Waals surface area contributed by atoms with E-state index >= 15 is 0 Å².